The van der Waals surface area contributed by atoms with Crippen LogP contribution in [0.2, 0.25) is 0 Å². The van der Waals surface area contributed by atoms with Gasteiger partial charge < -0.3 is 14.5 Å². The topological polar surface area (TPSA) is 49.9 Å². The molecular formula is C24H28N2O3. The molecule has 2 amide bonds. The van der Waals surface area contributed by atoms with E-state index in [1.807, 2.05) is 65.3 Å². The minimum Gasteiger partial charge on any atom is -0.496 e. The summed E-state index contributed by atoms with van der Waals surface area (Å²) in [5.41, 5.74) is 2.85. The lowest BCUT2D eigenvalue weighted by Gasteiger charge is -2.42. The van der Waals surface area contributed by atoms with Crippen LogP contribution in [-0.2, 0) is 9.59 Å². The molecule has 29 heavy (non-hydrogen) atoms. The van der Waals surface area contributed by atoms with Gasteiger partial charge >= 0.3 is 0 Å². The number of piperidine rings is 1. The Bertz CT molecular complexity index is 887. The summed E-state index contributed by atoms with van der Waals surface area (Å²) in [5, 5.41) is 0. The first-order valence-corrected chi connectivity index (χ1v) is 10.4. The van der Waals surface area contributed by atoms with Gasteiger partial charge in [-0.1, -0.05) is 35.9 Å². The number of anilines is 1. The number of likely N-dealkylation sites (tertiary alicyclic amines) is 1. The van der Waals surface area contributed by atoms with Crippen molar-refractivity contribution in [3.8, 4) is 5.75 Å². The van der Waals surface area contributed by atoms with Crippen LogP contribution in [0.3, 0.4) is 0 Å². The van der Waals surface area contributed by atoms with Gasteiger partial charge in [0.1, 0.15) is 5.75 Å². The van der Waals surface area contributed by atoms with Crippen LogP contribution in [0.5, 0.6) is 5.75 Å². The van der Waals surface area contributed by atoms with Gasteiger partial charge in [0.2, 0.25) is 11.8 Å². The van der Waals surface area contributed by atoms with Gasteiger partial charge in [-0.15, -0.1) is 0 Å². The molecule has 2 atom stereocenters. The molecule has 152 valence electrons. The van der Waals surface area contributed by atoms with E-state index in [0.717, 1.165) is 42.7 Å². The Kier molecular flexibility index (Phi) is 5.56. The molecule has 2 aliphatic rings. The number of benzene rings is 2. The summed E-state index contributed by atoms with van der Waals surface area (Å²) in [6.07, 6.45) is 3.06. The Balaban J connectivity index is 1.81. The zero-order valence-electron chi connectivity index (χ0n) is 17.1. The number of hydrogen-bond acceptors (Lipinski definition) is 3. The van der Waals surface area contributed by atoms with E-state index in [1.165, 1.54) is 0 Å². The van der Waals surface area contributed by atoms with Gasteiger partial charge in [0.25, 0.3) is 0 Å². The van der Waals surface area contributed by atoms with Crippen LogP contribution in [0.4, 0.5) is 5.69 Å². The van der Waals surface area contributed by atoms with E-state index in [9.17, 15) is 9.59 Å². The van der Waals surface area contributed by atoms with Crippen molar-refractivity contribution in [2.75, 3.05) is 25.1 Å². The third-order valence-electron chi connectivity index (χ3n) is 6.10. The summed E-state index contributed by atoms with van der Waals surface area (Å²) in [6, 6.07) is 15.3. The first-order valence-electron chi connectivity index (χ1n) is 10.4. The lowest BCUT2D eigenvalue weighted by molar-refractivity contribution is -0.137. The zero-order chi connectivity index (χ0) is 20.4. The van der Waals surface area contributed by atoms with Crippen LogP contribution in [0.15, 0.2) is 48.5 Å². The predicted octanol–water partition coefficient (Wildman–Crippen LogP) is 4.11. The average Bonchev–Trinajstić information content (AvgIpc) is 3.29. The highest BCUT2D eigenvalue weighted by Gasteiger charge is 2.44. The van der Waals surface area contributed by atoms with E-state index in [0.29, 0.717) is 18.6 Å². The highest BCUT2D eigenvalue weighted by molar-refractivity contribution is 5.97. The van der Waals surface area contributed by atoms with E-state index >= 15 is 0 Å². The van der Waals surface area contributed by atoms with Crippen molar-refractivity contribution in [2.24, 2.45) is 5.92 Å². The van der Waals surface area contributed by atoms with Gasteiger partial charge in [-0.3, -0.25) is 9.59 Å². The Hall–Kier alpha value is -2.82. The average molecular weight is 392 g/mol. The highest BCUT2D eigenvalue weighted by atomic mass is 16.5. The quantitative estimate of drug-likeness (QED) is 0.787. The van der Waals surface area contributed by atoms with Crippen molar-refractivity contribution in [1.82, 2.24) is 4.90 Å². The fourth-order valence-electron chi connectivity index (χ4n) is 4.60. The van der Waals surface area contributed by atoms with Crippen LogP contribution in [-0.4, -0.2) is 36.9 Å². The van der Waals surface area contributed by atoms with E-state index in [1.54, 1.807) is 7.11 Å². The Morgan fingerprint density at radius 3 is 2.41 bits per heavy atom. The van der Waals surface area contributed by atoms with Gasteiger partial charge in [0.05, 0.1) is 19.1 Å². The number of aryl methyl sites for hydroxylation is 1. The number of nitrogens with zero attached hydrogens (tertiary/aromatic N) is 2. The fourth-order valence-corrected chi connectivity index (χ4v) is 4.60. The van der Waals surface area contributed by atoms with Crippen molar-refractivity contribution >= 4 is 17.5 Å². The van der Waals surface area contributed by atoms with Crippen molar-refractivity contribution in [3.63, 3.8) is 0 Å². The minimum atomic E-state index is -0.372. The molecule has 0 N–H and O–H groups in total. The number of ether oxygens (including phenoxy) is 1. The first kappa shape index (κ1) is 19.5. The van der Waals surface area contributed by atoms with Crippen molar-refractivity contribution in [3.05, 3.63) is 59.7 Å². The number of para-hydroxylation sites is 1. The number of carbonyl (C=O) groups is 2. The van der Waals surface area contributed by atoms with Crippen molar-refractivity contribution < 1.29 is 14.3 Å². The van der Waals surface area contributed by atoms with Crippen molar-refractivity contribution in [1.29, 1.82) is 0 Å². The lowest BCUT2D eigenvalue weighted by Crippen LogP contribution is -2.49. The van der Waals surface area contributed by atoms with Crippen LogP contribution in [0.25, 0.3) is 0 Å². The van der Waals surface area contributed by atoms with E-state index in [2.05, 4.69) is 0 Å². The van der Waals surface area contributed by atoms with Gasteiger partial charge in [0, 0.05) is 30.8 Å². The molecule has 0 aliphatic carbocycles. The molecule has 0 aromatic heterocycles. The third-order valence-corrected chi connectivity index (χ3v) is 6.10. The van der Waals surface area contributed by atoms with Crippen LogP contribution < -0.4 is 9.64 Å². The van der Waals surface area contributed by atoms with E-state index < -0.39 is 0 Å². The lowest BCUT2D eigenvalue weighted by atomic mass is 9.82. The molecule has 5 nitrogen and oxygen atoms in total. The van der Waals surface area contributed by atoms with E-state index in [4.69, 9.17) is 4.74 Å². The second kappa shape index (κ2) is 8.27. The summed E-state index contributed by atoms with van der Waals surface area (Å²) < 4.78 is 5.63. The second-order valence-corrected chi connectivity index (χ2v) is 7.96. The Morgan fingerprint density at radius 1 is 1.03 bits per heavy atom. The molecule has 2 aromatic rings. The van der Waals surface area contributed by atoms with Crippen LogP contribution >= 0.6 is 0 Å². The maximum Gasteiger partial charge on any atom is 0.228 e. The second-order valence-electron chi connectivity index (χ2n) is 7.96. The van der Waals surface area contributed by atoms with Gasteiger partial charge in [-0.2, -0.15) is 0 Å². The molecule has 0 radical (unpaired) electrons. The summed E-state index contributed by atoms with van der Waals surface area (Å²) in [7, 11) is 1.64. The molecule has 2 aliphatic heterocycles. The monoisotopic (exact) mass is 392 g/mol. The molecule has 5 heteroatoms. The minimum absolute atomic E-state index is 0.0511. The van der Waals surface area contributed by atoms with Crippen LogP contribution in [0.1, 0.15) is 42.9 Å². The largest absolute Gasteiger partial charge is 0.496 e. The molecule has 2 heterocycles. The standard InChI is InChI=1S/C24H28N2O3/c1-17-9-11-18(12-10-17)26-22(27)14-13-20(24(28)25-15-5-6-16-25)23(26)19-7-3-4-8-21(19)29-2/h3-4,7-12,20,23H,5-6,13-16H2,1-2H3. The number of amides is 2. The summed E-state index contributed by atoms with van der Waals surface area (Å²) in [4.78, 5) is 30.4. The predicted molar refractivity (Wildman–Crippen MR) is 113 cm³/mol. The maximum absolute atomic E-state index is 13.5. The van der Waals surface area contributed by atoms with E-state index in [-0.39, 0.29) is 23.8 Å². The van der Waals surface area contributed by atoms with Crippen LogP contribution in [0, 0.1) is 12.8 Å². The first-order chi connectivity index (χ1) is 14.1. The third kappa shape index (κ3) is 3.74. The SMILES string of the molecule is COc1ccccc1C1C(C(=O)N2CCCC2)CCC(=O)N1c1ccc(C)cc1. The summed E-state index contributed by atoms with van der Waals surface area (Å²) >= 11 is 0. The number of carbonyl (C=O) groups excluding carboxylic acids is 2. The molecular weight excluding hydrogens is 364 g/mol. The molecule has 2 saturated heterocycles. The van der Waals surface area contributed by atoms with Gasteiger partial charge in [-0.25, -0.2) is 0 Å². The highest BCUT2D eigenvalue weighted by Crippen LogP contribution is 2.44. The fraction of sp³-hybridized carbons (Fsp3) is 0.417. The molecule has 2 aromatic carbocycles. The molecule has 0 spiro atoms. The number of rotatable bonds is 4. The van der Waals surface area contributed by atoms with Gasteiger partial charge in [0.15, 0.2) is 0 Å². The molecule has 2 fully saturated rings. The summed E-state index contributed by atoms with van der Waals surface area (Å²) in [6.45, 7) is 3.65. The molecule has 2 unspecified atom stereocenters. The molecule has 0 bridgehead atoms. The van der Waals surface area contributed by atoms with Gasteiger partial charge in [-0.05, 0) is 44.4 Å². The summed E-state index contributed by atoms with van der Waals surface area (Å²) in [5.74, 6) is 0.644. The van der Waals surface area contributed by atoms with Crippen molar-refractivity contribution in [2.45, 2.75) is 38.6 Å². The zero-order valence-corrected chi connectivity index (χ0v) is 17.1. The normalized spacial score (nSPS) is 22.1. The number of methoxy groups -OCH3 is 1. The maximum atomic E-state index is 13.5. The molecule has 0 saturated carbocycles. The molecule has 4 rings (SSSR count). The smallest absolute Gasteiger partial charge is 0.228 e. The Morgan fingerprint density at radius 2 is 1.72 bits per heavy atom. The number of hydrogen-bond donors (Lipinski definition) is 0. The Labute approximate surface area is 172 Å².